The third kappa shape index (κ3) is 3.77. The average molecular weight is 293 g/mol. The molecule has 6 nitrogen and oxygen atoms in total. The summed E-state index contributed by atoms with van der Waals surface area (Å²) in [7, 11) is -0.653. The van der Waals surface area contributed by atoms with E-state index >= 15 is 0 Å². The van der Waals surface area contributed by atoms with E-state index in [1.807, 2.05) is 0 Å². The predicted octanol–water partition coefficient (Wildman–Crippen LogP) is 1.30. The molecule has 1 N–H and O–H groups in total. The van der Waals surface area contributed by atoms with E-state index in [0.29, 0.717) is 5.69 Å². The fourth-order valence-electron chi connectivity index (χ4n) is 1.36. The molecule has 0 unspecified atom stereocenters. The van der Waals surface area contributed by atoms with Gasteiger partial charge in [0.1, 0.15) is 10.6 Å². The van der Waals surface area contributed by atoms with Gasteiger partial charge in [0.05, 0.1) is 32.3 Å². The first-order valence-electron chi connectivity index (χ1n) is 5.01. The molecule has 1 aromatic carbocycles. The molecule has 0 aliphatic carbocycles. The van der Waals surface area contributed by atoms with Crippen LogP contribution in [-0.4, -0.2) is 35.0 Å². The smallest absolute Gasteiger partial charge is 0.184 e. The highest BCUT2D eigenvalue weighted by molar-refractivity contribution is 7.91. The van der Waals surface area contributed by atoms with Gasteiger partial charge in [0.2, 0.25) is 0 Å². The SMILES string of the molecule is CONc1ccc(OC)c(S(=O)(=O)CCOS)c1. The molecule has 0 bridgehead atoms. The molecule has 0 atom stereocenters. The summed E-state index contributed by atoms with van der Waals surface area (Å²) in [6, 6.07) is 4.64. The molecule has 0 saturated heterocycles. The van der Waals surface area contributed by atoms with Crippen molar-refractivity contribution in [3.05, 3.63) is 18.2 Å². The summed E-state index contributed by atoms with van der Waals surface area (Å²) in [6.07, 6.45) is 0. The number of rotatable bonds is 7. The van der Waals surface area contributed by atoms with E-state index in [2.05, 4.69) is 22.6 Å². The number of nitrogens with one attached hydrogen (secondary N) is 1. The molecule has 0 aromatic heterocycles. The van der Waals surface area contributed by atoms with Gasteiger partial charge in [-0.2, -0.15) is 0 Å². The summed E-state index contributed by atoms with van der Waals surface area (Å²) >= 11 is 3.52. The molecular weight excluding hydrogens is 278 g/mol. The lowest BCUT2D eigenvalue weighted by Crippen LogP contribution is -2.12. The second-order valence-electron chi connectivity index (χ2n) is 3.32. The van der Waals surface area contributed by atoms with Gasteiger partial charge in [-0.05, 0) is 31.1 Å². The Morgan fingerprint density at radius 2 is 2.06 bits per heavy atom. The van der Waals surface area contributed by atoms with E-state index in [1.165, 1.54) is 20.3 Å². The first-order chi connectivity index (χ1) is 8.55. The molecule has 0 heterocycles. The highest BCUT2D eigenvalue weighted by Crippen LogP contribution is 2.28. The predicted molar refractivity (Wildman–Crippen MR) is 70.6 cm³/mol. The van der Waals surface area contributed by atoms with Gasteiger partial charge < -0.3 is 8.92 Å². The number of sulfone groups is 1. The van der Waals surface area contributed by atoms with Crippen molar-refractivity contribution in [2.75, 3.05) is 32.1 Å². The fourth-order valence-corrected chi connectivity index (χ4v) is 2.86. The van der Waals surface area contributed by atoms with Crippen LogP contribution in [0, 0.1) is 0 Å². The van der Waals surface area contributed by atoms with Crippen molar-refractivity contribution in [2.24, 2.45) is 0 Å². The summed E-state index contributed by atoms with van der Waals surface area (Å²) in [5, 5.41) is 0. The van der Waals surface area contributed by atoms with Gasteiger partial charge in [-0.15, -0.1) is 0 Å². The third-order valence-corrected chi connectivity index (χ3v) is 4.04. The highest BCUT2D eigenvalue weighted by atomic mass is 32.2. The quantitative estimate of drug-likeness (QED) is 0.448. The molecule has 0 saturated carbocycles. The van der Waals surface area contributed by atoms with E-state index in [9.17, 15) is 8.42 Å². The first-order valence-corrected chi connectivity index (χ1v) is 7.03. The van der Waals surface area contributed by atoms with Crippen molar-refractivity contribution in [3.63, 3.8) is 0 Å². The Labute approximate surface area is 112 Å². The van der Waals surface area contributed by atoms with Gasteiger partial charge in [-0.1, -0.05) is 0 Å². The van der Waals surface area contributed by atoms with Crippen LogP contribution < -0.4 is 10.2 Å². The molecule has 0 spiro atoms. The Morgan fingerprint density at radius 3 is 2.61 bits per heavy atom. The zero-order valence-electron chi connectivity index (χ0n) is 10.0. The maximum Gasteiger partial charge on any atom is 0.184 e. The van der Waals surface area contributed by atoms with E-state index < -0.39 is 9.84 Å². The Bertz CT molecular complexity index is 489. The Balaban J connectivity index is 3.14. The Morgan fingerprint density at radius 1 is 1.33 bits per heavy atom. The van der Waals surface area contributed by atoms with Crippen LogP contribution >= 0.6 is 12.9 Å². The summed E-state index contributed by atoms with van der Waals surface area (Å²) in [5.41, 5.74) is 3.08. The second kappa shape index (κ2) is 6.83. The van der Waals surface area contributed by atoms with Gasteiger partial charge >= 0.3 is 0 Å². The minimum atomic E-state index is -3.50. The number of anilines is 1. The van der Waals surface area contributed by atoms with Crippen molar-refractivity contribution in [3.8, 4) is 5.75 Å². The van der Waals surface area contributed by atoms with Crippen LogP contribution in [0.2, 0.25) is 0 Å². The molecule has 0 radical (unpaired) electrons. The summed E-state index contributed by atoms with van der Waals surface area (Å²) in [5.74, 6) is 0.0966. The molecule has 0 amide bonds. The minimum Gasteiger partial charge on any atom is -0.495 e. The lowest BCUT2D eigenvalue weighted by molar-refractivity contribution is 0.271. The van der Waals surface area contributed by atoms with E-state index in [-0.39, 0.29) is 23.0 Å². The zero-order valence-corrected chi connectivity index (χ0v) is 11.8. The normalized spacial score (nSPS) is 11.3. The maximum absolute atomic E-state index is 12.1. The van der Waals surface area contributed by atoms with Crippen LogP contribution in [0.25, 0.3) is 0 Å². The lowest BCUT2D eigenvalue weighted by atomic mass is 10.3. The van der Waals surface area contributed by atoms with Crippen LogP contribution in [0.3, 0.4) is 0 Å². The van der Waals surface area contributed by atoms with Crippen LogP contribution in [-0.2, 0) is 18.9 Å². The van der Waals surface area contributed by atoms with Crippen molar-refractivity contribution in [2.45, 2.75) is 4.90 Å². The van der Waals surface area contributed by atoms with Crippen molar-refractivity contribution in [1.29, 1.82) is 0 Å². The molecule has 18 heavy (non-hydrogen) atoms. The molecule has 0 aliphatic heterocycles. The molecule has 1 aromatic rings. The summed E-state index contributed by atoms with van der Waals surface area (Å²) in [6.45, 7) is -0.00344. The number of thiol groups is 1. The third-order valence-electron chi connectivity index (χ3n) is 2.16. The van der Waals surface area contributed by atoms with Gasteiger partial charge in [-0.25, -0.2) is 8.42 Å². The van der Waals surface area contributed by atoms with Gasteiger partial charge in [0, 0.05) is 0 Å². The Hall–Kier alpha value is -0.960. The molecular formula is C10H15NO5S2. The maximum atomic E-state index is 12.1. The number of hydrogen-bond donors (Lipinski definition) is 2. The van der Waals surface area contributed by atoms with Crippen LogP contribution in [0.1, 0.15) is 0 Å². The Kier molecular flexibility index (Phi) is 5.73. The van der Waals surface area contributed by atoms with E-state index in [4.69, 9.17) is 9.57 Å². The van der Waals surface area contributed by atoms with E-state index in [0.717, 1.165) is 0 Å². The van der Waals surface area contributed by atoms with Crippen molar-refractivity contribution in [1.82, 2.24) is 0 Å². The van der Waals surface area contributed by atoms with Crippen LogP contribution in [0.5, 0.6) is 5.75 Å². The van der Waals surface area contributed by atoms with Gasteiger partial charge in [0.15, 0.2) is 9.84 Å². The summed E-state index contributed by atoms with van der Waals surface area (Å²) in [4.78, 5) is 4.81. The molecule has 102 valence electrons. The molecule has 0 aliphatic rings. The number of benzene rings is 1. The van der Waals surface area contributed by atoms with Crippen LogP contribution in [0.4, 0.5) is 5.69 Å². The zero-order chi connectivity index (χ0) is 13.6. The van der Waals surface area contributed by atoms with Gasteiger partial charge in [0.25, 0.3) is 0 Å². The number of methoxy groups -OCH3 is 1. The second-order valence-corrected chi connectivity index (χ2v) is 5.66. The van der Waals surface area contributed by atoms with Gasteiger partial charge in [-0.3, -0.25) is 10.3 Å². The molecule has 8 heteroatoms. The summed E-state index contributed by atoms with van der Waals surface area (Å²) < 4.78 is 33.7. The highest BCUT2D eigenvalue weighted by Gasteiger charge is 2.20. The number of ether oxygens (including phenoxy) is 1. The monoisotopic (exact) mass is 293 g/mol. The standard InChI is InChI=1S/C10H15NO5S2/c1-14-9-4-3-8(11-15-2)7-10(9)18(12,13)6-5-16-17/h3-4,7,11,17H,5-6H2,1-2H3. The van der Waals surface area contributed by atoms with Crippen molar-refractivity contribution < 1.29 is 22.2 Å². The topological polar surface area (TPSA) is 73.9 Å². The first kappa shape index (κ1) is 15.1. The molecule has 0 fully saturated rings. The largest absolute Gasteiger partial charge is 0.495 e. The molecule has 1 rings (SSSR count). The fraction of sp³-hybridized carbons (Fsp3) is 0.400. The van der Waals surface area contributed by atoms with Crippen molar-refractivity contribution >= 4 is 28.4 Å². The van der Waals surface area contributed by atoms with Crippen LogP contribution in [0.15, 0.2) is 23.1 Å². The minimum absolute atomic E-state index is 0.00344. The number of hydrogen-bond acceptors (Lipinski definition) is 7. The van der Waals surface area contributed by atoms with E-state index in [1.54, 1.807) is 12.1 Å². The average Bonchev–Trinajstić information content (AvgIpc) is 2.37. The lowest BCUT2D eigenvalue weighted by Gasteiger charge is -2.11.